The standard InChI is InChI=1S/C84H99N7O30S2/c1-47-12-23-55(24-13-47)122(105,106)38-26-60(94)50-16-18-51(19-17-50)79(102)86-43-53-44-89(88-87-53)28-32-112-35-37-113-36-34-111-31-8-10-59(93)52-20-25-61(117-81-77(101)76(100)73(97)65(46-92)118-81)63(39-52)121-123(107,108)120-54-21-14-49(15-22-54)45-91(3,4)30-27-85-83(103)84(104)41-57-68(75(99)70-69(72(57)96)71(95)56-9-7-11-62(109-5)67(56)74(70)98)64(42-84)116-66-40-58-78(48(2)115-66)119-80-82(110-6)114-33-29-90(58)80/h7,9,11-25,39,44,48,58,64-66,73,76-78,80-82,92,97,100-101,104H,8,10,26-38,40-43,45-46H2,1-6H3,(H3-,85,86,87,88,94,95,96,98,99,102,103)/p+1/t48-,58-,64-,65+,66-,73-,76-,77+,78+,80+,81?,82-,84-/m0/s1. The molecule has 6 aromatic carbocycles. The summed E-state index contributed by atoms with van der Waals surface area (Å²) >= 11 is 0. The van der Waals surface area contributed by atoms with Gasteiger partial charge in [0.1, 0.15) is 71.4 Å². The number of aliphatic hydroxyl groups is 5. The van der Waals surface area contributed by atoms with Crippen molar-refractivity contribution < 1.29 is 146 Å². The zero-order valence-corrected chi connectivity index (χ0v) is 70.0. The number of nitrogens with zero attached hydrogens (tertiary/aromatic N) is 5. The van der Waals surface area contributed by atoms with E-state index in [1.807, 2.05) is 21.0 Å². The Bertz CT molecular complexity index is 5230. The Labute approximate surface area is 708 Å². The van der Waals surface area contributed by atoms with E-state index in [2.05, 4.69) is 25.8 Å². The Morgan fingerprint density at radius 1 is 0.724 bits per heavy atom. The summed E-state index contributed by atoms with van der Waals surface area (Å²) in [6.45, 7) is 5.84. The van der Waals surface area contributed by atoms with Crippen LogP contribution in [0.1, 0.15) is 136 Å². The number of nitrogens with one attached hydrogen (secondary N) is 2. The van der Waals surface area contributed by atoms with Gasteiger partial charge in [-0.15, -0.1) is 13.5 Å². The van der Waals surface area contributed by atoms with Crippen molar-refractivity contribution in [3.05, 3.63) is 182 Å². The van der Waals surface area contributed by atoms with Gasteiger partial charge in [0.15, 0.2) is 57.5 Å². The minimum absolute atomic E-state index is 0.0359. The quantitative estimate of drug-likeness (QED) is 0.0116. The van der Waals surface area contributed by atoms with E-state index in [1.165, 1.54) is 87.0 Å². The molecule has 13 atom stereocenters. The number of rotatable bonds is 39. The van der Waals surface area contributed by atoms with Crippen LogP contribution in [-0.4, -0.2) is 292 Å². The number of likely N-dealkylation sites (N-methyl/N-ethyl adjacent to an activating group) is 1. The lowest BCUT2D eigenvalue weighted by Gasteiger charge is -2.43. The molecule has 4 saturated heterocycles. The van der Waals surface area contributed by atoms with Gasteiger partial charge in [0, 0.05) is 97.4 Å². The van der Waals surface area contributed by atoms with E-state index in [9.17, 15) is 81.3 Å². The first kappa shape index (κ1) is 90.9. The number of fused-ring (bicyclic) bond motifs is 6. The molecule has 7 aromatic rings. The minimum Gasteiger partial charge on any atom is -0.507 e. The SMILES string of the molecule is COc1cccc2c1C(=O)c1c(O)c3c(c(O)c1C2=O)C[C@@](O)(C(=O)NCC[N+](C)(C)Cc1ccc(OS(=O)(=O)Oc2cc(C(=O)CCCOCCOCCOCCn4cc(CNC(=O)c5ccc(C(=O)CCS(=O)(=O)c6ccc(C)cc6)cc5)nn4)ccc2OC2O[C@H](CO)[C@H](O)[C@H](O)[C@H]2O)cc1)C[C@@H]3O[C@H]1C[C@H]2[C@H](O[C@@H]3[C@@H](OC)OCCN32)[C@H](C)O1. The highest BCUT2D eigenvalue weighted by Gasteiger charge is 2.56. The number of hydrogen-bond donors (Lipinski definition) is 9. The van der Waals surface area contributed by atoms with Crippen molar-refractivity contribution in [2.75, 3.05) is 107 Å². The highest BCUT2D eigenvalue weighted by atomic mass is 32.3. The van der Waals surface area contributed by atoms with Crippen LogP contribution in [0.15, 0.2) is 120 Å². The van der Waals surface area contributed by atoms with Crippen LogP contribution in [0.4, 0.5) is 0 Å². The number of sulfone groups is 1. The van der Waals surface area contributed by atoms with Crippen molar-refractivity contribution in [1.29, 1.82) is 0 Å². The second-order valence-electron chi connectivity index (χ2n) is 31.4. The van der Waals surface area contributed by atoms with Crippen molar-refractivity contribution >= 4 is 55.2 Å². The number of carbonyl (C=O) groups is 6. The van der Waals surface area contributed by atoms with Crippen LogP contribution >= 0.6 is 0 Å². The normalized spacial score (nSPS) is 23.8. The molecule has 39 heteroatoms. The number of aromatic hydroxyl groups is 2. The van der Waals surface area contributed by atoms with Crippen molar-refractivity contribution in [3.63, 3.8) is 0 Å². The molecule has 0 bridgehead atoms. The number of quaternary nitrogens is 1. The number of aliphatic hydroxyl groups excluding tert-OH is 4. The van der Waals surface area contributed by atoms with E-state index in [-0.39, 0.29) is 169 Å². The third-order valence-corrected chi connectivity index (χ3v) is 24.8. The molecule has 4 fully saturated rings. The lowest BCUT2D eigenvalue weighted by molar-refractivity contribution is -0.902. The summed E-state index contributed by atoms with van der Waals surface area (Å²) in [4.78, 5) is 85.0. The predicted octanol–water partition coefficient (Wildman–Crippen LogP) is 3.01. The van der Waals surface area contributed by atoms with E-state index >= 15 is 0 Å². The van der Waals surface area contributed by atoms with Crippen LogP contribution in [0.5, 0.6) is 34.5 Å². The zero-order valence-electron chi connectivity index (χ0n) is 68.3. The van der Waals surface area contributed by atoms with Gasteiger partial charge in [-0.25, -0.2) is 13.1 Å². The zero-order chi connectivity index (χ0) is 87.8. The maximum atomic E-state index is 14.6. The van der Waals surface area contributed by atoms with E-state index in [0.717, 1.165) is 17.7 Å². The summed E-state index contributed by atoms with van der Waals surface area (Å²) in [7, 11) is -2.23. The molecule has 37 nitrogen and oxygen atoms in total. The Hall–Kier alpha value is -9.86. The lowest BCUT2D eigenvalue weighted by Crippen LogP contribution is -2.60. The fourth-order valence-corrected chi connectivity index (χ4v) is 17.7. The van der Waals surface area contributed by atoms with Gasteiger partial charge in [-0.3, -0.25) is 33.7 Å². The van der Waals surface area contributed by atoms with E-state index in [4.69, 9.17) is 60.5 Å². The van der Waals surface area contributed by atoms with Gasteiger partial charge in [-0.2, -0.15) is 0 Å². The molecule has 0 saturated carbocycles. The molecule has 4 aliphatic heterocycles. The Kier molecular flexibility index (Phi) is 28.9. The Morgan fingerprint density at radius 2 is 1.41 bits per heavy atom. The number of Topliss-reactive ketones (excluding diaryl/α,β-unsaturated/α-hetero) is 2. The number of phenols is 2. The molecule has 1 unspecified atom stereocenters. The molecule has 123 heavy (non-hydrogen) atoms. The average Bonchev–Trinajstić information content (AvgIpc) is 1.31. The molecule has 9 N–H and O–H groups in total. The maximum absolute atomic E-state index is 14.6. The first-order valence-corrected chi connectivity index (χ1v) is 43.0. The third kappa shape index (κ3) is 21.1. The fourth-order valence-electron chi connectivity index (χ4n) is 15.8. The number of methoxy groups -OCH3 is 2. The predicted molar refractivity (Wildman–Crippen MR) is 429 cm³/mol. The number of aryl methyl sites for hydroxylation is 1. The van der Waals surface area contributed by atoms with Gasteiger partial charge in [0.05, 0.1) is 139 Å². The van der Waals surface area contributed by atoms with Crippen molar-refractivity contribution in [2.45, 2.75) is 156 Å². The molecular weight excluding hydrogens is 1650 g/mol. The van der Waals surface area contributed by atoms with Crippen LogP contribution in [0.2, 0.25) is 0 Å². The van der Waals surface area contributed by atoms with Gasteiger partial charge < -0.3 is 111 Å². The Balaban J connectivity index is 0.564. The van der Waals surface area contributed by atoms with Crippen molar-refractivity contribution in [1.82, 2.24) is 30.5 Å². The smallest absolute Gasteiger partial charge is 0.501 e. The van der Waals surface area contributed by atoms with Crippen LogP contribution in [0, 0.1) is 6.92 Å². The topological polar surface area (TPSA) is 490 Å². The number of carbonyl (C=O) groups excluding carboxylic acids is 6. The average molecular weight is 1750 g/mol. The number of amides is 2. The highest BCUT2D eigenvalue weighted by molar-refractivity contribution is 7.91. The van der Waals surface area contributed by atoms with Crippen molar-refractivity contribution in [2.24, 2.45) is 0 Å². The Morgan fingerprint density at radius 3 is 2.13 bits per heavy atom. The van der Waals surface area contributed by atoms with Crippen LogP contribution in [-0.2, 0) is 93.7 Å². The molecule has 0 spiro atoms. The lowest BCUT2D eigenvalue weighted by atomic mass is 9.72. The number of morpholine rings is 1. The number of aromatic nitrogens is 3. The monoisotopic (exact) mass is 1750 g/mol. The summed E-state index contributed by atoms with van der Waals surface area (Å²) in [5.74, 6) is -6.74. The van der Waals surface area contributed by atoms with E-state index < -0.39 is 176 Å². The summed E-state index contributed by atoms with van der Waals surface area (Å²) in [6.07, 6.45) is -12.9. The molecule has 5 heterocycles. The van der Waals surface area contributed by atoms with Crippen LogP contribution in [0.25, 0.3) is 0 Å². The van der Waals surface area contributed by atoms with Crippen molar-refractivity contribution in [3.8, 4) is 34.5 Å². The first-order chi connectivity index (χ1) is 58.8. The fraction of sp³-hybridized carbons (Fsp3) is 0.476. The van der Waals surface area contributed by atoms with Gasteiger partial charge >= 0.3 is 10.4 Å². The summed E-state index contributed by atoms with van der Waals surface area (Å²) in [5.41, 5.74) is -1.35. The molecule has 662 valence electrons. The number of hydrogen-bond acceptors (Lipinski definition) is 33. The number of phenolic OH excluding ortho intramolecular Hbond substituents is 2. The molecule has 1 aromatic heterocycles. The highest BCUT2D eigenvalue weighted by Crippen LogP contribution is 2.53. The van der Waals surface area contributed by atoms with Gasteiger partial charge in [-0.05, 0) is 93.1 Å². The van der Waals surface area contributed by atoms with Crippen LogP contribution in [0.3, 0.4) is 0 Å². The number of benzene rings is 6. The second-order valence-corrected chi connectivity index (χ2v) is 34.6. The van der Waals surface area contributed by atoms with E-state index in [1.54, 1.807) is 42.1 Å². The maximum Gasteiger partial charge on any atom is 0.501 e. The minimum atomic E-state index is -5.11. The molecule has 6 aliphatic rings. The number of ether oxygens (including phenoxy) is 11. The number of ketones is 4. The van der Waals surface area contributed by atoms with Crippen LogP contribution < -0.4 is 28.5 Å². The summed E-state index contributed by atoms with van der Waals surface area (Å²) in [6, 6.07) is 25.8. The van der Waals surface area contributed by atoms with Gasteiger partial charge in [-0.1, -0.05) is 47.2 Å². The van der Waals surface area contributed by atoms with E-state index in [0.29, 0.717) is 31.0 Å². The molecule has 2 amide bonds. The van der Waals surface area contributed by atoms with Gasteiger partial charge in [0.25, 0.3) is 11.8 Å². The summed E-state index contributed by atoms with van der Waals surface area (Å²) in [5, 5.41) is 92.6. The largest absolute Gasteiger partial charge is 0.507 e. The second kappa shape index (κ2) is 39.1. The van der Waals surface area contributed by atoms with Gasteiger partial charge in [0.2, 0.25) is 12.1 Å². The third-order valence-electron chi connectivity index (χ3n) is 22.3. The molecule has 2 aliphatic carbocycles. The first-order valence-electron chi connectivity index (χ1n) is 40.0. The molecule has 0 radical (unpaired) electrons. The molecular formula is C84H100N7O30S2+. The summed E-state index contributed by atoms with van der Waals surface area (Å²) < 4.78 is 130. The molecule has 13 rings (SSSR count).